The average Bonchev–Trinajstić information content (AvgIpc) is 3.70. The van der Waals surface area contributed by atoms with Crippen LogP contribution >= 0.6 is 0 Å². The van der Waals surface area contributed by atoms with E-state index in [1.54, 1.807) is 32.3 Å². The Kier molecular flexibility index (Phi) is 5.62. The van der Waals surface area contributed by atoms with E-state index in [9.17, 15) is 14.4 Å². The van der Waals surface area contributed by atoms with E-state index in [0.717, 1.165) is 25.8 Å². The lowest BCUT2D eigenvalue weighted by Gasteiger charge is -2.24. The second-order valence-electron chi connectivity index (χ2n) is 10.7. The van der Waals surface area contributed by atoms with E-state index in [1.807, 2.05) is 0 Å². The van der Waals surface area contributed by atoms with Crippen LogP contribution in [0.1, 0.15) is 69.1 Å². The standard InChI is InChI=1S/C25H31FN4O5/c1-5-34-22(32)15-11-30(13-6-7-13)21-14(18(15)31)10-17(26)20(28-21)25-12-27-9-8-16(25)19(25)29-23(33)35-24(2,3)4/h10-11,13,16,19,27H,5-9,12H2,1-4H3,(H,29,33)/t16-,19-,25+/m0/s1. The molecule has 1 amide bonds. The van der Waals surface area contributed by atoms with Gasteiger partial charge in [0.2, 0.25) is 5.43 Å². The summed E-state index contributed by atoms with van der Waals surface area (Å²) in [5, 5.41) is 6.30. The molecule has 0 unspecified atom stereocenters. The van der Waals surface area contributed by atoms with Crippen molar-refractivity contribution in [1.29, 1.82) is 0 Å². The van der Waals surface area contributed by atoms with Gasteiger partial charge in [-0.2, -0.15) is 0 Å². The molecule has 2 aromatic heterocycles. The summed E-state index contributed by atoms with van der Waals surface area (Å²) in [6.07, 6.45) is 3.45. The molecule has 0 bridgehead atoms. The maximum absolute atomic E-state index is 15.7. The number of fused-ring (bicyclic) bond motifs is 2. The number of pyridine rings is 2. The Morgan fingerprint density at radius 2 is 2.06 bits per heavy atom. The number of carbonyl (C=O) groups is 2. The first-order valence-corrected chi connectivity index (χ1v) is 12.2. The first kappa shape index (κ1) is 23.7. The number of esters is 1. The summed E-state index contributed by atoms with van der Waals surface area (Å²) in [5.41, 5.74) is -1.53. The van der Waals surface area contributed by atoms with Gasteiger partial charge >= 0.3 is 12.1 Å². The fourth-order valence-corrected chi connectivity index (χ4v) is 5.37. The van der Waals surface area contributed by atoms with Crippen molar-refractivity contribution in [3.05, 3.63) is 39.6 Å². The zero-order valence-electron chi connectivity index (χ0n) is 20.4. The van der Waals surface area contributed by atoms with E-state index >= 15 is 4.39 Å². The zero-order chi connectivity index (χ0) is 25.1. The molecular formula is C25H31FN4O5. The molecule has 35 heavy (non-hydrogen) atoms. The van der Waals surface area contributed by atoms with Crippen LogP contribution < -0.4 is 16.1 Å². The number of amides is 1. The minimum atomic E-state index is -0.738. The Hall–Kier alpha value is -3.01. The van der Waals surface area contributed by atoms with Gasteiger partial charge in [0.05, 0.1) is 23.1 Å². The molecule has 188 valence electrons. The van der Waals surface area contributed by atoms with Crippen LogP contribution in [-0.4, -0.2) is 53.0 Å². The number of rotatable bonds is 5. The van der Waals surface area contributed by atoms with Crippen LogP contribution in [0.3, 0.4) is 0 Å². The lowest BCUT2D eigenvalue weighted by Crippen LogP contribution is -2.41. The summed E-state index contributed by atoms with van der Waals surface area (Å²) in [5.74, 6) is -1.35. The fourth-order valence-electron chi connectivity index (χ4n) is 5.37. The number of aromatic nitrogens is 2. The Labute approximate surface area is 202 Å². The molecule has 3 aliphatic rings. The van der Waals surface area contributed by atoms with Gasteiger partial charge in [0.25, 0.3) is 0 Å². The van der Waals surface area contributed by atoms with Crippen molar-refractivity contribution >= 4 is 23.1 Å². The lowest BCUT2D eigenvalue weighted by molar-refractivity contribution is 0.0510. The third-order valence-corrected chi connectivity index (χ3v) is 7.07. The summed E-state index contributed by atoms with van der Waals surface area (Å²) in [7, 11) is 0. The van der Waals surface area contributed by atoms with Crippen LogP contribution in [-0.2, 0) is 14.9 Å². The maximum atomic E-state index is 15.7. The molecule has 1 aliphatic heterocycles. The molecule has 9 nitrogen and oxygen atoms in total. The maximum Gasteiger partial charge on any atom is 0.407 e. The van der Waals surface area contributed by atoms with Gasteiger partial charge in [-0.1, -0.05) is 0 Å². The number of hydrogen-bond donors (Lipinski definition) is 2. The van der Waals surface area contributed by atoms with Gasteiger partial charge in [-0.3, -0.25) is 4.79 Å². The highest BCUT2D eigenvalue weighted by atomic mass is 19.1. The zero-order valence-corrected chi connectivity index (χ0v) is 20.4. The smallest absolute Gasteiger partial charge is 0.407 e. The first-order chi connectivity index (χ1) is 16.6. The Morgan fingerprint density at radius 1 is 1.31 bits per heavy atom. The van der Waals surface area contributed by atoms with E-state index in [-0.39, 0.29) is 41.3 Å². The summed E-state index contributed by atoms with van der Waals surface area (Å²) < 4.78 is 27.9. The monoisotopic (exact) mass is 486 g/mol. The summed E-state index contributed by atoms with van der Waals surface area (Å²) in [4.78, 5) is 42.7. The predicted octanol–water partition coefficient (Wildman–Crippen LogP) is 2.80. The number of hydrogen-bond acceptors (Lipinski definition) is 7. The van der Waals surface area contributed by atoms with Gasteiger partial charge in [-0.05, 0) is 65.5 Å². The molecule has 10 heteroatoms. The van der Waals surface area contributed by atoms with Crippen molar-refractivity contribution in [2.75, 3.05) is 19.7 Å². The summed E-state index contributed by atoms with van der Waals surface area (Å²) in [6.45, 7) is 8.36. The molecule has 5 rings (SSSR count). The third-order valence-electron chi connectivity index (χ3n) is 7.07. The molecule has 2 aromatic rings. The molecule has 3 heterocycles. The highest BCUT2D eigenvalue weighted by Gasteiger charge is 2.69. The van der Waals surface area contributed by atoms with Crippen molar-refractivity contribution in [3.63, 3.8) is 0 Å². The van der Waals surface area contributed by atoms with E-state index in [2.05, 4.69) is 10.6 Å². The Bertz CT molecular complexity index is 1270. The van der Waals surface area contributed by atoms with E-state index in [1.165, 1.54) is 12.3 Å². The molecule has 3 atom stereocenters. The van der Waals surface area contributed by atoms with Gasteiger partial charge in [0.15, 0.2) is 0 Å². The highest BCUT2D eigenvalue weighted by Crippen LogP contribution is 2.57. The molecular weight excluding hydrogens is 455 g/mol. The van der Waals surface area contributed by atoms with Gasteiger partial charge < -0.3 is 24.7 Å². The number of alkyl carbamates (subject to hydrolysis) is 1. The van der Waals surface area contributed by atoms with Crippen molar-refractivity contribution in [3.8, 4) is 0 Å². The summed E-state index contributed by atoms with van der Waals surface area (Å²) >= 11 is 0. The molecule has 2 N–H and O–H groups in total. The Balaban J connectivity index is 1.59. The van der Waals surface area contributed by atoms with Crippen molar-refractivity contribution in [1.82, 2.24) is 20.2 Å². The summed E-state index contributed by atoms with van der Waals surface area (Å²) in [6, 6.07) is 0.932. The van der Waals surface area contributed by atoms with Crippen LogP contribution in [0.2, 0.25) is 0 Å². The van der Waals surface area contributed by atoms with Crippen molar-refractivity contribution < 1.29 is 23.5 Å². The number of piperidine rings is 1. The fraction of sp³-hybridized carbons (Fsp3) is 0.600. The van der Waals surface area contributed by atoms with Crippen LogP contribution in [0.4, 0.5) is 9.18 Å². The molecule has 0 spiro atoms. The average molecular weight is 487 g/mol. The normalized spacial score (nSPS) is 25.6. The molecule has 2 saturated carbocycles. The predicted molar refractivity (Wildman–Crippen MR) is 126 cm³/mol. The lowest BCUT2D eigenvalue weighted by atomic mass is 9.93. The van der Waals surface area contributed by atoms with Crippen LogP contribution in [0.15, 0.2) is 17.1 Å². The minimum absolute atomic E-state index is 0.00406. The molecule has 0 aromatic carbocycles. The van der Waals surface area contributed by atoms with Crippen LogP contribution in [0.25, 0.3) is 11.0 Å². The Morgan fingerprint density at radius 3 is 2.71 bits per heavy atom. The van der Waals surface area contributed by atoms with Crippen molar-refractivity contribution in [2.24, 2.45) is 5.92 Å². The first-order valence-electron chi connectivity index (χ1n) is 12.2. The molecule has 2 aliphatic carbocycles. The molecule has 3 fully saturated rings. The largest absolute Gasteiger partial charge is 0.462 e. The quantitative estimate of drug-likeness (QED) is 0.625. The number of halogens is 1. The van der Waals surface area contributed by atoms with Gasteiger partial charge in [0.1, 0.15) is 22.6 Å². The van der Waals surface area contributed by atoms with E-state index in [4.69, 9.17) is 14.5 Å². The minimum Gasteiger partial charge on any atom is -0.462 e. The van der Waals surface area contributed by atoms with Gasteiger partial charge in [-0.25, -0.2) is 19.0 Å². The van der Waals surface area contributed by atoms with Crippen LogP contribution in [0, 0.1) is 11.7 Å². The van der Waals surface area contributed by atoms with E-state index < -0.39 is 34.3 Å². The second kappa shape index (κ2) is 8.29. The number of nitrogens with one attached hydrogen (secondary N) is 2. The topological polar surface area (TPSA) is 112 Å². The van der Waals surface area contributed by atoms with Gasteiger partial charge in [-0.15, -0.1) is 0 Å². The number of nitrogens with zero attached hydrogens (tertiary/aromatic N) is 2. The van der Waals surface area contributed by atoms with Crippen molar-refractivity contribution in [2.45, 2.75) is 70.1 Å². The molecule has 1 saturated heterocycles. The third kappa shape index (κ3) is 4.07. The molecule has 0 radical (unpaired) electrons. The SMILES string of the molecule is CCOC(=O)c1cn(C2CC2)c2nc([C@]34CNCC[C@H]3[C@@H]4NC(=O)OC(C)(C)C)c(F)cc2c1=O. The highest BCUT2D eigenvalue weighted by molar-refractivity contribution is 5.93. The number of ether oxygens (including phenoxy) is 2. The number of carbonyl (C=O) groups excluding carboxylic acids is 2. The van der Waals surface area contributed by atoms with Crippen LogP contribution in [0.5, 0.6) is 0 Å². The van der Waals surface area contributed by atoms with Gasteiger partial charge in [0, 0.05) is 24.8 Å². The van der Waals surface area contributed by atoms with E-state index in [0.29, 0.717) is 12.2 Å². The second-order valence-corrected chi connectivity index (χ2v) is 10.7.